The summed E-state index contributed by atoms with van der Waals surface area (Å²) in [7, 11) is 0. The molecule has 1 aliphatic heterocycles. The molecule has 0 radical (unpaired) electrons. The highest BCUT2D eigenvalue weighted by Gasteiger charge is 2.22. The van der Waals surface area contributed by atoms with Crippen LogP contribution in [0.3, 0.4) is 0 Å². The maximum absolute atomic E-state index is 13.6. The van der Waals surface area contributed by atoms with E-state index in [4.69, 9.17) is 0 Å². The van der Waals surface area contributed by atoms with E-state index in [-0.39, 0.29) is 11.9 Å². The number of hydrogen-bond donors (Lipinski definition) is 1. The maximum Gasteiger partial charge on any atom is 0.161 e. The van der Waals surface area contributed by atoms with Crippen LogP contribution >= 0.6 is 0 Å². The first-order chi connectivity index (χ1) is 12.6. The van der Waals surface area contributed by atoms with Gasteiger partial charge in [0.25, 0.3) is 0 Å². The minimum absolute atomic E-state index is 0.260. The Morgan fingerprint density at radius 2 is 1.62 bits per heavy atom. The molecule has 0 aliphatic carbocycles. The van der Waals surface area contributed by atoms with Gasteiger partial charge in [0.05, 0.1) is 5.52 Å². The van der Waals surface area contributed by atoms with Gasteiger partial charge in [0.2, 0.25) is 0 Å². The molecule has 1 aromatic heterocycles. The fourth-order valence-corrected chi connectivity index (χ4v) is 3.31. The van der Waals surface area contributed by atoms with Gasteiger partial charge < -0.3 is 10.2 Å². The number of nitrogens with zero attached hydrogens (tertiary/aromatic N) is 3. The number of hydrogen-bond acceptors (Lipinski definition) is 4. The van der Waals surface area contributed by atoms with Crippen LogP contribution < -0.4 is 10.2 Å². The second kappa shape index (κ2) is 6.82. The van der Waals surface area contributed by atoms with Crippen molar-refractivity contribution >= 4 is 22.4 Å². The zero-order chi connectivity index (χ0) is 18.1. The van der Waals surface area contributed by atoms with Gasteiger partial charge in [-0.2, -0.15) is 0 Å². The Morgan fingerprint density at radius 3 is 2.35 bits per heavy atom. The van der Waals surface area contributed by atoms with Gasteiger partial charge in [-0.1, -0.05) is 0 Å². The number of fused-ring (bicyclic) bond motifs is 1. The smallest absolute Gasteiger partial charge is 0.161 e. The van der Waals surface area contributed by atoms with Gasteiger partial charge in [0.15, 0.2) is 11.6 Å². The van der Waals surface area contributed by atoms with Crippen LogP contribution in [0.4, 0.5) is 24.7 Å². The van der Waals surface area contributed by atoms with Gasteiger partial charge in [-0.25, -0.2) is 23.1 Å². The highest BCUT2D eigenvalue weighted by atomic mass is 19.2. The molecule has 0 unspecified atom stereocenters. The van der Waals surface area contributed by atoms with Crippen LogP contribution in [0.2, 0.25) is 0 Å². The minimum atomic E-state index is -0.913. The fourth-order valence-electron chi connectivity index (χ4n) is 3.31. The summed E-state index contributed by atoms with van der Waals surface area (Å²) in [5.41, 5.74) is 1.27. The summed E-state index contributed by atoms with van der Waals surface area (Å²) < 4.78 is 40.1. The molecule has 1 saturated heterocycles. The average molecular weight is 358 g/mol. The Bertz CT molecular complexity index is 922. The van der Waals surface area contributed by atoms with E-state index in [9.17, 15) is 13.2 Å². The summed E-state index contributed by atoms with van der Waals surface area (Å²) in [5.74, 6) is -1.45. The van der Waals surface area contributed by atoms with Crippen molar-refractivity contribution in [3.8, 4) is 0 Å². The molecule has 1 fully saturated rings. The normalized spacial score (nSPS) is 15.4. The Morgan fingerprint density at radius 1 is 0.923 bits per heavy atom. The summed E-state index contributed by atoms with van der Waals surface area (Å²) >= 11 is 0. The van der Waals surface area contributed by atoms with Crippen molar-refractivity contribution in [2.24, 2.45) is 0 Å². The summed E-state index contributed by atoms with van der Waals surface area (Å²) in [6.07, 6.45) is 3.08. The summed E-state index contributed by atoms with van der Waals surface area (Å²) in [6.45, 7) is 1.45. The van der Waals surface area contributed by atoms with E-state index >= 15 is 0 Å². The van der Waals surface area contributed by atoms with E-state index in [2.05, 4.69) is 20.2 Å². The molecule has 26 heavy (non-hydrogen) atoms. The number of halogens is 3. The van der Waals surface area contributed by atoms with E-state index in [1.807, 2.05) is 0 Å². The Kier molecular flexibility index (Phi) is 4.36. The first kappa shape index (κ1) is 16.6. The third kappa shape index (κ3) is 3.29. The molecule has 1 N–H and O–H groups in total. The molecule has 0 spiro atoms. The minimum Gasteiger partial charge on any atom is -0.382 e. The van der Waals surface area contributed by atoms with Crippen LogP contribution in [0, 0.1) is 17.5 Å². The predicted octanol–water partition coefficient (Wildman–Crippen LogP) is 4.13. The van der Waals surface area contributed by atoms with Crippen LogP contribution in [0.15, 0.2) is 42.7 Å². The molecule has 2 heterocycles. The molecule has 7 heteroatoms. The van der Waals surface area contributed by atoms with E-state index in [1.165, 1.54) is 18.5 Å². The second-order valence-electron chi connectivity index (χ2n) is 6.39. The highest BCUT2D eigenvalue weighted by Crippen LogP contribution is 2.28. The van der Waals surface area contributed by atoms with Crippen molar-refractivity contribution in [1.82, 2.24) is 9.97 Å². The Labute approximate surface area is 148 Å². The molecule has 1 aliphatic rings. The number of benzene rings is 2. The van der Waals surface area contributed by atoms with E-state index in [1.54, 1.807) is 12.1 Å². The molecule has 0 atom stereocenters. The van der Waals surface area contributed by atoms with Gasteiger partial charge in [-0.3, -0.25) is 0 Å². The van der Waals surface area contributed by atoms with Crippen LogP contribution in [0.25, 0.3) is 10.9 Å². The van der Waals surface area contributed by atoms with Gasteiger partial charge in [-0.05, 0) is 43.2 Å². The van der Waals surface area contributed by atoms with Crippen molar-refractivity contribution in [1.29, 1.82) is 0 Å². The van der Waals surface area contributed by atoms with Crippen molar-refractivity contribution in [2.75, 3.05) is 23.3 Å². The van der Waals surface area contributed by atoms with Crippen LogP contribution in [-0.4, -0.2) is 29.1 Å². The van der Waals surface area contributed by atoms with E-state index in [0.29, 0.717) is 16.7 Å². The second-order valence-corrected chi connectivity index (χ2v) is 6.39. The van der Waals surface area contributed by atoms with Crippen molar-refractivity contribution < 1.29 is 13.2 Å². The highest BCUT2D eigenvalue weighted by molar-refractivity contribution is 5.89. The molecule has 4 nitrogen and oxygen atoms in total. The topological polar surface area (TPSA) is 41.0 Å². The zero-order valence-electron chi connectivity index (χ0n) is 13.9. The predicted molar refractivity (Wildman–Crippen MR) is 94.7 cm³/mol. The summed E-state index contributed by atoms with van der Waals surface area (Å²) in [5, 5.41) is 3.91. The van der Waals surface area contributed by atoms with E-state index < -0.39 is 11.6 Å². The lowest BCUT2D eigenvalue weighted by Gasteiger charge is -2.34. The molecule has 3 aromatic rings. The largest absolute Gasteiger partial charge is 0.382 e. The molecule has 0 saturated carbocycles. The summed E-state index contributed by atoms with van der Waals surface area (Å²) in [6, 6.07) is 8.81. The van der Waals surface area contributed by atoms with Crippen LogP contribution in [0.1, 0.15) is 12.8 Å². The Balaban J connectivity index is 1.49. The van der Waals surface area contributed by atoms with E-state index in [0.717, 1.165) is 43.8 Å². The lowest BCUT2D eigenvalue weighted by molar-refractivity contribution is 0.510. The van der Waals surface area contributed by atoms with Crippen molar-refractivity contribution in [3.05, 3.63) is 60.2 Å². The third-order valence-corrected chi connectivity index (χ3v) is 4.67. The van der Waals surface area contributed by atoms with Crippen molar-refractivity contribution in [3.63, 3.8) is 0 Å². The van der Waals surface area contributed by atoms with Crippen LogP contribution in [-0.2, 0) is 0 Å². The molecule has 4 rings (SSSR count). The van der Waals surface area contributed by atoms with Gasteiger partial charge in [-0.15, -0.1) is 0 Å². The van der Waals surface area contributed by atoms with Gasteiger partial charge in [0.1, 0.15) is 18.0 Å². The summed E-state index contributed by atoms with van der Waals surface area (Å²) in [4.78, 5) is 10.4. The fraction of sp³-hybridized carbons (Fsp3) is 0.263. The number of aromatic nitrogens is 2. The first-order valence-electron chi connectivity index (χ1n) is 8.47. The number of piperidine rings is 1. The molecule has 2 aromatic carbocycles. The third-order valence-electron chi connectivity index (χ3n) is 4.67. The average Bonchev–Trinajstić information content (AvgIpc) is 2.65. The van der Waals surface area contributed by atoms with Gasteiger partial charge >= 0.3 is 0 Å². The molecule has 134 valence electrons. The zero-order valence-corrected chi connectivity index (χ0v) is 13.9. The molecule has 0 bridgehead atoms. The lowest BCUT2D eigenvalue weighted by Crippen LogP contribution is -2.39. The number of anilines is 2. The molecule has 0 amide bonds. The standard InChI is InChI=1S/C19H17F3N4/c20-12-1-3-13(4-2-12)25-14-5-7-26(8-6-14)19-15-9-16(21)17(22)10-18(15)23-11-24-19/h1-4,9-11,14,25H,5-8H2. The number of nitrogens with one attached hydrogen (secondary N) is 1. The lowest BCUT2D eigenvalue weighted by atomic mass is 10.0. The van der Waals surface area contributed by atoms with Crippen LogP contribution in [0.5, 0.6) is 0 Å². The van der Waals surface area contributed by atoms with Gasteiger partial charge in [0, 0.05) is 36.3 Å². The first-order valence-corrected chi connectivity index (χ1v) is 8.47. The SMILES string of the molecule is Fc1ccc(NC2CCN(c3ncnc4cc(F)c(F)cc34)CC2)cc1. The monoisotopic (exact) mass is 358 g/mol. The molecular formula is C19H17F3N4. The Hall–Kier alpha value is -2.83. The van der Waals surface area contributed by atoms with Crippen molar-refractivity contribution in [2.45, 2.75) is 18.9 Å². The number of rotatable bonds is 3. The molecular weight excluding hydrogens is 341 g/mol. The quantitative estimate of drug-likeness (QED) is 0.764. The maximum atomic E-state index is 13.6.